The monoisotopic (exact) mass is 363 g/mol. The van der Waals surface area contributed by atoms with E-state index in [9.17, 15) is 10.1 Å². The zero-order chi connectivity index (χ0) is 18.3. The molecule has 0 aliphatic carbocycles. The Labute approximate surface area is 152 Å². The minimum Gasteiger partial charge on any atom is -0.473 e. The van der Waals surface area contributed by atoms with Gasteiger partial charge >= 0.3 is 5.69 Å². The van der Waals surface area contributed by atoms with Crippen molar-refractivity contribution in [3.05, 3.63) is 22.2 Å². The molecule has 0 amide bonds. The van der Waals surface area contributed by atoms with Crippen molar-refractivity contribution >= 4 is 11.5 Å². The first-order valence-corrected chi connectivity index (χ1v) is 9.11. The number of likely N-dealkylation sites (tertiary alicyclic amines) is 1. The van der Waals surface area contributed by atoms with Crippen LogP contribution in [0, 0.1) is 10.1 Å². The second kappa shape index (κ2) is 6.64. The molecule has 0 radical (unpaired) electrons. The first-order valence-electron chi connectivity index (χ1n) is 9.11. The van der Waals surface area contributed by atoms with E-state index in [0.29, 0.717) is 31.7 Å². The van der Waals surface area contributed by atoms with E-state index in [-0.39, 0.29) is 17.1 Å². The normalized spacial score (nSPS) is 26.8. The SMILES string of the molecule is CC1(N2CC3CC2CN3c2ccc([N+](=O)[O-])c(OCCCN)n2)COC1. The van der Waals surface area contributed by atoms with Gasteiger partial charge in [0, 0.05) is 31.2 Å². The molecule has 3 aliphatic rings. The molecule has 2 atom stereocenters. The Hall–Kier alpha value is -1.97. The third-order valence-corrected chi connectivity index (χ3v) is 5.66. The van der Waals surface area contributed by atoms with E-state index in [0.717, 1.165) is 38.5 Å². The number of hydrogen-bond donors (Lipinski definition) is 1. The summed E-state index contributed by atoms with van der Waals surface area (Å²) in [4.78, 5) is 20.1. The minimum absolute atomic E-state index is 0.0833. The smallest absolute Gasteiger partial charge is 0.331 e. The molecule has 1 aromatic heterocycles. The van der Waals surface area contributed by atoms with E-state index in [4.69, 9.17) is 15.2 Å². The van der Waals surface area contributed by atoms with E-state index < -0.39 is 4.92 Å². The highest BCUT2D eigenvalue weighted by Crippen LogP contribution is 2.41. The van der Waals surface area contributed by atoms with Crippen LogP contribution in [-0.2, 0) is 4.74 Å². The lowest BCUT2D eigenvalue weighted by Crippen LogP contribution is -2.64. The van der Waals surface area contributed by atoms with Gasteiger partial charge in [-0.05, 0) is 32.4 Å². The highest BCUT2D eigenvalue weighted by molar-refractivity contribution is 5.52. The van der Waals surface area contributed by atoms with Gasteiger partial charge in [0.15, 0.2) is 0 Å². The summed E-state index contributed by atoms with van der Waals surface area (Å²) in [5.74, 6) is 0.834. The average Bonchev–Trinajstić information content (AvgIpc) is 3.20. The predicted molar refractivity (Wildman–Crippen MR) is 95.5 cm³/mol. The Kier molecular flexibility index (Phi) is 4.45. The van der Waals surface area contributed by atoms with Crippen molar-refractivity contribution < 1.29 is 14.4 Å². The van der Waals surface area contributed by atoms with E-state index in [1.165, 1.54) is 6.07 Å². The standard InChI is InChI=1S/C17H25N5O4/c1-17(10-25-11-17)21-9-12-7-13(21)8-20(12)15-4-3-14(22(23)24)16(19-15)26-6-2-5-18/h3-4,12-13H,2,5-11,18H2,1H3. The predicted octanol–water partition coefficient (Wildman–Crippen LogP) is 0.769. The number of hydrogen-bond acceptors (Lipinski definition) is 8. The van der Waals surface area contributed by atoms with Crippen LogP contribution in [0.2, 0.25) is 0 Å². The van der Waals surface area contributed by atoms with Gasteiger partial charge < -0.3 is 20.1 Å². The maximum absolute atomic E-state index is 11.2. The molecular formula is C17H25N5O4. The van der Waals surface area contributed by atoms with Gasteiger partial charge in [0.05, 0.1) is 30.3 Å². The number of fused-ring (bicyclic) bond motifs is 2. The fourth-order valence-electron chi connectivity index (χ4n) is 4.25. The van der Waals surface area contributed by atoms with Gasteiger partial charge in [-0.25, -0.2) is 0 Å². The van der Waals surface area contributed by atoms with Gasteiger partial charge in [-0.2, -0.15) is 4.98 Å². The van der Waals surface area contributed by atoms with Gasteiger partial charge in [-0.3, -0.25) is 15.0 Å². The van der Waals surface area contributed by atoms with Crippen LogP contribution in [0.15, 0.2) is 12.1 Å². The number of nitro groups is 1. The number of anilines is 1. The largest absolute Gasteiger partial charge is 0.473 e. The lowest BCUT2D eigenvalue weighted by atomic mass is 9.96. The number of nitrogens with zero attached hydrogens (tertiary/aromatic N) is 4. The molecular weight excluding hydrogens is 338 g/mol. The Morgan fingerprint density at radius 2 is 2.23 bits per heavy atom. The van der Waals surface area contributed by atoms with Crippen molar-refractivity contribution in [2.24, 2.45) is 5.73 Å². The number of nitrogens with two attached hydrogens (primary N) is 1. The molecule has 3 fully saturated rings. The molecule has 9 nitrogen and oxygen atoms in total. The van der Waals surface area contributed by atoms with Gasteiger partial charge in [-0.1, -0.05) is 0 Å². The van der Waals surface area contributed by atoms with Gasteiger partial charge in [-0.15, -0.1) is 0 Å². The van der Waals surface area contributed by atoms with Crippen molar-refractivity contribution in [2.75, 3.05) is 44.4 Å². The van der Waals surface area contributed by atoms with Gasteiger partial charge in [0.2, 0.25) is 0 Å². The second-order valence-corrected chi connectivity index (χ2v) is 7.58. The molecule has 2 bridgehead atoms. The van der Waals surface area contributed by atoms with Crippen LogP contribution in [0.25, 0.3) is 0 Å². The number of rotatable bonds is 7. The quantitative estimate of drug-likeness (QED) is 0.430. The van der Waals surface area contributed by atoms with E-state index >= 15 is 0 Å². The fourth-order valence-corrected chi connectivity index (χ4v) is 4.25. The Balaban J connectivity index is 1.50. The van der Waals surface area contributed by atoms with Crippen LogP contribution in [0.1, 0.15) is 19.8 Å². The number of piperazine rings is 1. The third-order valence-electron chi connectivity index (χ3n) is 5.66. The van der Waals surface area contributed by atoms with Crippen molar-refractivity contribution in [1.29, 1.82) is 0 Å². The number of ether oxygens (including phenoxy) is 2. The lowest BCUT2D eigenvalue weighted by molar-refractivity contribution is -0.386. The lowest BCUT2D eigenvalue weighted by Gasteiger charge is -2.50. The Morgan fingerprint density at radius 1 is 1.42 bits per heavy atom. The van der Waals surface area contributed by atoms with Crippen molar-refractivity contribution in [2.45, 2.75) is 37.4 Å². The molecule has 0 spiro atoms. The molecule has 3 aliphatic heterocycles. The fraction of sp³-hybridized carbons (Fsp3) is 0.706. The molecule has 2 unspecified atom stereocenters. The zero-order valence-electron chi connectivity index (χ0n) is 15.0. The van der Waals surface area contributed by atoms with Crippen LogP contribution in [0.5, 0.6) is 5.88 Å². The maximum atomic E-state index is 11.2. The summed E-state index contributed by atoms with van der Waals surface area (Å²) >= 11 is 0. The summed E-state index contributed by atoms with van der Waals surface area (Å²) in [5.41, 5.74) is 5.53. The van der Waals surface area contributed by atoms with Crippen molar-refractivity contribution in [1.82, 2.24) is 9.88 Å². The molecule has 0 aromatic carbocycles. The summed E-state index contributed by atoms with van der Waals surface area (Å²) in [6.45, 7) is 6.51. The van der Waals surface area contributed by atoms with Crippen LogP contribution in [-0.4, -0.2) is 71.9 Å². The minimum atomic E-state index is -0.455. The maximum Gasteiger partial charge on any atom is 0.331 e. The zero-order valence-corrected chi connectivity index (χ0v) is 15.0. The topological polar surface area (TPSA) is 107 Å². The molecule has 2 N–H and O–H groups in total. The number of pyridine rings is 1. The number of aromatic nitrogens is 1. The summed E-state index contributed by atoms with van der Waals surface area (Å²) in [6, 6.07) is 4.08. The van der Waals surface area contributed by atoms with Crippen molar-refractivity contribution in [3.63, 3.8) is 0 Å². The third kappa shape index (κ3) is 2.89. The molecule has 26 heavy (non-hydrogen) atoms. The molecule has 4 rings (SSSR count). The highest BCUT2D eigenvalue weighted by atomic mass is 16.6. The van der Waals surface area contributed by atoms with Crippen LogP contribution in [0.4, 0.5) is 11.5 Å². The summed E-state index contributed by atoms with van der Waals surface area (Å²) in [5, 5.41) is 11.2. The van der Waals surface area contributed by atoms with Gasteiger partial charge in [0.1, 0.15) is 5.82 Å². The molecule has 4 heterocycles. The van der Waals surface area contributed by atoms with Crippen LogP contribution < -0.4 is 15.4 Å². The van der Waals surface area contributed by atoms with E-state index in [1.54, 1.807) is 6.07 Å². The molecule has 0 saturated carbocycles. The van der Waals surface area contributed by atoms with Crippen LogP contribution >= 0.6 is 0 Å². The highest BCUT2D eigenvalue weighted by Gasteiger charge is 2.52. The van der Waals surface area contributed by atoms with E-state index in [1.807, 2.05) is 0 Å². The average molecular weight is 363 g/mol. The Morgan fingerprint density at radius 3 is 2.81 bits per heavy atom. The van der Waals surface area contributed by atoms with Gasteiger partial charge in [0.25, 0.3) is 5.88 Å². The summed E-state index contributed by atoms with van der Waals surface area (Å²) in [7, 11) is 0. The second-order valence-electron chi connectivity index (χ2n) is 7.58. The summed E-state index contributed by atoms with van der Waals surface area (Å²) < 4.78 is 10.9. The molecule has 9 heteroatoms. The van der Waals surface area contributed by atoms with Crippen molar-refractivity contribution in [3.8, 4) is 5.88 Å². The van der Waals surface area contributed by atoms with Crippen LogP contribution in [0.3, 0.4) is 0 Å². The first kappa shape index (κ1) is 17.4. The summed E-state index contributed by atoms with van der Waals surface area (Å²) in [6.07, 6.45) is 1.73. The molecule has 142 valence electrons. The van der Waals surface area contributed by atoms with E-state index in [2.05, 4.69) is 21.7 Å². The molecule has 3 saturated heterocycles. The molecule has 1 aromatic rings. The Bertz CT molecular complexity index is 696. The first-order chi connectivity index (χ1) is 12.5.